The molecule has 2 saturated heterocycles. The van der Waals surface area contributed by atoms with Gasteiger partial charge in [0.2, 0.25) is 0 Å². The first-order chi connectivity index (χ1) is 8.33. The van der Waals surface area contributed by atoms with Gasteiger partial charge in [0, 0.05) is 11.4 Å². The number of rotatable bonds is 3. The van der Waals surface area contributed by atoms with E-state index in [4.69, 9.17) is 9.47 Å². The smallest absolute Gasteiger partial charge is 0.414 e. The van der Waals surface area contributed by atoms with Crippen LogP contribution in [0.5, 0.6) is 0 Å². The molecule has 0 saturated carbocycles. The lowest BCUT2D eigenvalue weighted by atomic mass is 10.2. The second kappa shape index (κ2) is 4.25. The van der Waals surface area contributed by atoms with Crippen LogP contribution in [0.15, 0.2) is 24.3 Å². The predicted molar refractivity (Wildman–Crippen MR) is 63.4 cm³/mol. The Morgan fingerprint density at radius 2 is 2.24 bits per heavy atom. The molecule has 2 heterocycles. The zero-order chi connectivity index (χ0) is 11.7. The molecule has 0 bridgehead atoms. The van der Waals surface area contributed by atoms with Crippen LogP contribution in [-0.2, 0) is 9.47 Å². The molecule has 90 valence electrons. The molecule has 2 aliphatic rings. The molecule has 0 aliphatic carbocycles. The van der Waals surface area contributed by atoms with Crippen molar-refractivity contribution in [3.05, 3.63) is 24.3 Å². The van der Waals surface area contributed by atoms with E-state index in [0.29, 0.717) is 19.2 Å². The summed E-state index contributed by atoms with van der Waals surface area (Å²) in [5.41, 5.74) is 1.88. The van der Waals surface area contributed by atoms with Crippen molar-refractivity contribution in [3.63, 3.8) is 0 Å². The fourth-order valence-corrected chi connectivity index (χ4v) is 1.95. The number of anilines is 2. The number of amides is 1. The minimum atomic E-state index is -0.269. The van der Waals surface area contributed by atoms with Crippen molar-refractivity contribution < 1.29 is 14.3 Å². The average molecular weight is 234 g/mol. The number of nitrogens with one attached hydrogen (secondary N) is 1. The van der Waals surface area contributed by atoms with Crippen molar-refractivity contribution in [3.8, 4) is 0 Å². The van der Waals surface area contributed by atoms with E-state index in [-0.39, 0.29) is 6.09 Å². The summed E-state index contributed by atoms with van der Waals surface area (Å²) in [5.74, 6) is 0. The highest BCUT2D eigenvalue weighted by molar-refractivity contribution is 5.89. The van der Waals surface area contributed by atoms with E-state index in [1.165, 1.54) is 0 Å². The molecule has 5 nitrogen and oxygen atoms in total. The van der Waals surface area contributed by atoms with Gasteiger partial charge in [0.05, 0.1) is 25.8 Å². The Morgan fingerprint density at radius 3 is 2.88 bits per heavy atom. The van der Waals surface area contributed by atoms with Gasteiger partial charge in [-0.1, -0.05) is 6.07 Å². The third-order valence-electron chi connectivity index (χ3n) is 2.93. The van der Waals surface area contributed by atoms with Gasteiger partial charge in [0.25, 0.3) is 0 Å². The molecular weight excluding hydrogens is 220 g/mol. The summed E-state index contributed by atoms with van der Waals surface area (Å²) in [7, 11) is 0. The Labute approximate surface area is 99.3 Å². The zero-order valence-electron chi connectivity index (χ0n) is 9.39. The molecule has 1 N–H and O–H groups in total. The van der Waals surface area contributed by atoms with Crippen molar-refractivity contribution >= 4 is 17.5 Å². The lowest BCUT2D eigenvalue weighted by Crippen LogP contribution is -2.40. The van der Waals surface area contributed by atoms with E-state index < -0.39 is 0 Å². The van der Waals surface area contributed by atoms with Crippen LogP contribution in [0.3, 0.4) is 0 Å². The number of nitrogens with zero attached hydrogens (tertiary/aromatic N) is 1. The largest absolute Gasteiger partial charge is 0.447 e. The lowest BCUT2D eigenvalue weighted by molar-refractivity contribution is 0.0211. The van der Waals surface area contributed by atoms with Crippen molar-refractivity contribution in [1.82, 2.24) is 0 Å². The monoisotopic (exact) mass is 234 g/mol. The first-order valence-corrected chi connectivity index (χ1v) is 5.71. The number of cyclic esters (lactones) is 1. The van der Waals surface area contributed by atoms with E-state index in [1.807, 2.05) is 24.3 Å². The van der Waals surface area contributed by atoms with E-state index >= 15 is 0 Å². The summed E-state index contributed by atoms with van der Waals surface area (Å²) < 4.78 is 10.0. The summed E-state index contributed by atoms with van der Waals surface area (Å²) >= 11 is 0. The maximum atomic E-state index is 11.4. The molecule has 0 aromatic heterocycles. The highest BCUT2D eigenvalue weighted by Crippen LogP contribution is 2.23. The highest BCUT2D eigenvalue weighted by atomic mass is 16.6. The van der Waals surface area contributed by atoms with Gasteiger partial charge in [-0.25, -0.2) is 4.79 Å². The molecule has 0 spiro atoms. The Hall–Kier alpha value is -1.75. The summed E-state index contributed by atoms with van der Waals surface area (Å²) in [6.07, 6.45) is -0.269. The number of ether oxygens (including phenoxy) is 2. The SMILES string of the molecule is O=C1OCCN1c1cccc(NC2COC2)c1. The van der Waals surface area contributed by atoms with Crippen LogP contribution in [0.25, 0.3) is 0 Å². The van der Waals surface area contributed by atoms with Gasteiger partial charge in [-0.2, -0.15) is 0 Å². The molecule has 3 rings (SSSR count). The average Bonchev–Trinajstić information content (AvgIpc) is 2.71. The summed E-state index contributed by atoms with van der Waals surface area (Å²) in [6, 6.07) is 8.18. The van der Waals surface area contributed by atoms with Crippen LogP contribution >= 0.6 is 0 Å². The first-order valence-electron chi connectivity index (χ1n) is 5.71. The van der Waals surface area contributed by atoms with E-state index in [9.17, 15) is 4.79 Å². The van der Waals surface area contributed by atoms with E-state index in [1.54, 1.807) is 4.90 Å². The fourth-order valence-electron chi connectivity index (χ4n) is 1.95. The lowest BCUT2D eigenvalue weighted by Gasteiger charge is -2.28. The molecule has 5 heteroatoms. The topological polar surface area (TPSA) is 50.8 Å². The minimum Gasteiger partial charge on any atom is -0.447 e. The molecule has 0 unspecified atom stereocenters. The molecule has 1 aromatic carbocycles. The van der Waals surface area contributed by atoms with Crippen molar-refractivity contribution in [2.24, 2.45) is 0 Å². The van der Waals surface area contributed by atoms with Gasteiger partial charge in [-0.3, -0.25) is 4.90 Å². The minimum absolute atomic E-state index is 0.269. The van der Waals surface area contributed by atoms with E-state index in [0.717, 1.165) is 24.6 Å². The van der Waals surface area contributed by atoms with Crippen LogP contribution in [0.4, 0.5) is 16.2 Å². The van der Waals surface area contributed by atoms with Crippen LogP contribution in [-0.4, -0.2) is 38.5 Å². The normalized spacial score (nSPS) is 20.0. The quantitative estimate of drug-likeness (QED) is 0.860. The van der Waals surface area contributed by atoms with Crippen LogP contribution < -0.4 is 10.2 Å². The summed E-state index contributed by atoms with van der Waals surface area (Å²) in [5, 5.41) is 3.35. The van der Waals surface area contributed by atoms with Gasteiger partial charge >= 0.3 is 6.09 Å². The van der Waals surface area contributed by atoms with Crippen LogP contribution in [0.2, 0.25) is 0 Å². The fraction of sp³-hybridized carbons (Fsp3) is 0.417. The Bertz CT molecular complexity index is 432. The van der Waals surface area contributed by atoms with Crippen molar-refractivity contribution in [2.45, 2.75) is 6.04 Å². The third-order valence-corrected chi connectivity index (χ3v) is 2.93. The number of carbonyl (C=O) groups excluding carboxylic acids is 1. The molecule has 0 radical (unpaired) electrons. The van der Waals surface area contributed by atoms with Gasteiger partial charge in [-0.15, -0.1) is 0 Å². The summed E-state index contributed by atoms with van der Waals surface area (Å²) in [4.78, 5) is 13.1. The Morgan fingerprint density at radius 1 is 1.35 bits per heavy atom. The molecule has 17 heavy (non-hydrogen) atoms. The van der Waals surface area contributed by atoms with Gasteiger partial charge in [-0.05, 0) is 18.2 Å². The second-order valence-electron chi connectivity index (χ2n) is 4.20. The number of carbonyl (C=O) groups is 1. The second-order valence-corrected chi connectivity index (χ2v) is 4.20. The van der Waals surface area contributed by atoms with Crippen molar-refractivity contribution in [1.29, 1.82) is 0 Å². The van der Waals surface area contributed by atoms with Gasteiger partial charge < -0.3 is 14.8 Å². The Balaban J connectivity index is 1.75. The third kappa shape index (κ3) is 2.06. The molecule has 1 aromatic rings. The van der Waals surface area contributed by atoms with Crippen LogP contribution in [0, 0.1) is 0 Å². The summed E-state index contributed by atoms with van der Waals surface area (Å²) in [6.45, 7) is 2.58. The molecule has 1 amide bonds. The van der Waals surface area contributed by atoms with Crippen molar-refractivity contribution in [2.75, 3.05) is 36.6 Å². The maximum absolute atomic E-state index is 11.4. The standard InChI is InChI=1S/C12H14N2O3/c15-12-14(4-5-17-12)11-3-1-2-9(6-11)13-10-7-16-8-10/h1-3,6,10,13H,4-5,7-8H2. The molecule has 0 atom stereocenters. The number of hydrogen-bond acceptors (Lipinski definition) is 4. The first kappa shape index (κ1) is 10.4. The number of hydrogen-bond donors (Lipinski definition) is 1. The Kier molecular flexibility index (Phi) is 2.60. The van der Waals surface area contributed by atoms with Gasteiger partial charge in [0.1, 0.15) is 6.61 Å². The molecule has 2 aliphatic heterocycles. The predicted octanol–water partition coefficient (Wildman–Crippen LogP) is 1.45. The molecule has 2 fully saturated rings. The van der Waals surface area contributed by atoms with Gasteiger partial charge in [0.15, 0.2) is 0 Å². The van der Waals surface area contributed by atoms with Crippen LogP contribution in [0.1, 0.15) is 0 Å². The molecular formula is C12H14N2O3. The highest BCUT2D eigenvalue weighted by Gasteiger charge is 2.24. The maximum Gasteiger partial charge on any atom is 0.414 e. The van der Waals surface area contributed by atoms with E-state index in [2.05, 4.69) is 5.32 Å². The zero-order valence-corrected chi connectivity index (χ0v) is 9.39. The number of benzene rings is 1.